The van der Waals surface area contributed by atoms with Crippen molar-refractivity contribution in [1.29, 1.82) is 0 Å². The number of rotatable bonds is 5. The van der Waals surface area contributed by atoms with Crippen molar-refractivity contribution in [2.24, 2.45) is 5.73 Å². The Bertz CT molecular complexity index is 675. The van der Waals surface area contributed by atoms with Crippen molar-refractivity contribution in [2.45, 2.75) is 58.2 Å². The highest BCUT2D eigenvalue weighted by atomic mass is 16.5. The lowest BCUT2D eigenvalue weighted by Gasteiger charge is -2.44. The molecule has 0 saturated carbocycles. The molecule has 1 heterocycles. The molecule has 1 saturated heterocycles. The Morgan fingerprint density at radius 1 is 1.12 bits per heavy atom. The minimum Gasteiger partial charge on any atom is -0.494 e. The SMILES string of the molecule is CCOc1ccc2ccccc2c1C(CN)N1C(C)CCCC1C. The van der Waals surface area contributed by atoms with E-state index >= 15 is 0 Å². The second kappa shape index (κ2) is 7.54. The third kappa shape index (κ3) is 3.15. The summed E-state index contributed by atoms with van der Waals surface area (Å²) in [6.45, 7) is 8.01. The van der Waals surface area contributed by atoms with Crippen LogP contribution in [-0.2, 0) is 0 Å². The standard InChI is InChI=1S/C21H30N2O/c1-4-24-20-13-12-17-10-5-6-11-18(17)21(20)19(14-22)23-15(2)8-7-9-16(23)3/h5-6,10-13,15-16,19H,4,7-9,14,22H2,1-3H3. The highest BCUT2D eigenvalue weighted by molar-refractivity contribution is 5.88. The first-order chi connectivity index (χ1) is 11.7. The smallest absolute Gasteiger partial charge is 0.124 e. The molecule has 3 rings (SSSR count). The molecule has 0 aromatic heterocycles. The number of fused-ring (bicyclic) bond motifs is 1. The molecule has 1 aliphatic heterocycles. The van der Waals surface area contributed by atoms with Crippen LogP contribution in [-0.4, -0.2) is 30.1 Å². The number of piperidine rings is 1. The van der Waals surface area contributed by atoms with E-state index in [-0.39, 0.29) is 6.04 Å². The van der Waals surface area contributed by atoms with E-state index in [0.717, 1.165) is 5.75 Å². The number of benzene rings is 2. The quantitative estimate of drug-likeness (QED) is 0.879. The third-order valence-corrected chi connectivity index (χ3v) is 5.41. The summed E-state index contributed by atoms with van der Waals surface area (Å²) in [6.07, 6.45) is 3.80. The monoisotopic (exact) mass is 326 g/mol. The normalized spacial score (nSPS) is 23.3. The van der Waals surface area contributed by atoms with Gasteiger partial charge < -0.3 is 10.5 Å². The number of nitrogens with two attached hydrogens (primary N) is 1. The van der Waals surface area contributed by atoms with Crippen LogP contribution in [0.5, 0.6) is 5.75 Å². The van der Waals surface area contributed by atoms with Gasteiger partial charge in [-0.05, 0) is 50.5 Å². The first-order valence-corrected chi connectivity index (χ1v) is 9.29. The Hall–Kier alpha value is -1.58. The maximum atomic E-state index is 6.32. The summed E-state index contributed by atoms with van der Waals surface area (Å²) < 4.78 is 6.01. The van der Waals surface area contributed by atoms with Crippen LogP contribution in [0.3, 0.4) is 0 Å². The van der Waals surface area contributed by atoms with Gasteiger partial charge in [0.15, 0.2) is 0 Å². The van der Waals surface area contributed by atoms with E-state index in [1.165, 1.54) is 35.6 Å². The van der Waals surface area contributed by atoms with Gasteiger partial charge in [0.2, 0.25) is 0 Å². The molecule has 0 amide bonds. The predicted octanol–water partition coefficient (Wildman–Crippen LogP) is 4.50. The van der Waals surface area contributed by atoms with Crippen molar-refractivity contribution in [1.82, 2.24) is 4.90 Å². The van der Waals surface area contributed by atoms with Crippen LogP contribution < -0.4 is 10.5 Å². The molecule has 3 unspecified atom stereocenters. The van der Waals surface area contributed by atoms with Gasteiger partial charge in [0, 0.05) is 24.2 Å². The van der Waals surface area contributed by atoms with Crippen LogP contribution in [0, 0.1) is 0 Å². The van der Waals surface area contributed by atoms with Gasteiger partial charge in [0.05, 0.1) is 12.6 Å². The lowest BCUT2D eigenvalue weighted by atomic mass is 9.90. The third-order valence-electron chi connectivity index (χ3n) is 5.41. The summed E-state index contributed by atoms with van der Waals surface area (Å²) in [7, 11) is 0. The molecule has 0 bridgehead atoms. The molecular weight excluding hydrogens is 296 g/mol. The molecule has 1 fully saturated rings. The highest BCUT2D eigenvalue weighted by Crippen LogP contribution is 2.39. The summed E-state index contributed by atoms with van der Waals surface area (Å²) in [5.74, 6) is 0.983. The summed E-state index contributed by atoms with van der Waals surface area (Å²) in [6, 6.07) is 14.1. The lowest BCUT2D eigenvalue weighted by molar-refractivity contribution is 0.0571. The molecule has 3 atom stereocenters. The van der Waals surface area contributed by atoms with Crippen molar-refractivity contribution in [3.8, 4) is 5.75 Å². The van der Waals surface area contributed by atoms with Crippen molar-refractivity contribution < 1.29 is 4.74 Å². The number of nitrogens with zero attached hydrogens (tertiary/aromatic N) is 1. The zero-order valence-corrected chi connectivity index (χ0v) is 15.2. The second-order valence-corrected chi connectivity index (χ2v) is 6.96. The largest absolute Gasteiger partial charge is 0.494 e. The fourth-order valence-electron chi connectivity index (χ4n) is 4.34. The van der Waals surface area contributed by atoms with E-state index in [1.807, 2.05) is 6.92 Å². The molecule has 2 aromatic rings. The lowest BCUT2D eigenvalue weighted by Crippen LogP contribution is -2.48. The Kier molecular flexibility index (Phi) is 5.42. The molecule has 130 valence electrons. The molecule has 0 spiro atoms. The molecule has 0 radical (unpaired) electrons. The number of hydrogen-bond donors (Lipinski definition) is 1. The van der Waals surface area contributed by atoms with E-state index in [1.54, 1.807) is 0 Å². The average molecular weight is 326 g/mol. The Morgan fingerprint density at radius 3 is 2.50 bits per heavy atom. The molecule has 24 heavy (non-hydrogen) atoms. The summed E-state index contributed by atoms with van der Waals surface area (Å²) in [4.78, 5) is 2.62. The predicted molar refractivity (Wildman–Crippen MR) is 102 cm³/mol. The van der Waals surface area contributed by atoms with Crippen molar-refractivity contribution in [3.05, 3.63) is 42.0 Å². The first-order valence-electron chi connectivity index (χ1n) is 9.29. The highest BCUT2D eigenvalue weighted by Gasteiger charge is 2.33. The zero-order valence-electron chi connectivity index (χ0n) is 15.2. The minimum atomic E-state index is 0.197. The van der Waals surface area contributed by atoms with Crippen LogP contribution in [0.15, 0.2) is 36.4 Å². The summed E-state index contributed by atoms with van der Waals surface area (Å²) in [5, 5.41) is 2.52. The zero-order chi connectivity index (χ0) is 17.1. The topological polar surface area (TPSA) is 38.5 Å². The van der Waals surface area contributed by atoms with Crippen LogP contribution in [0.25, 0.3) is 10.8 Å². The Labute approximate surface area is 145 Å². The van der Waals surface area contributed by atoms with Crippen molar-refractivity contribution >= 4 is 10.8 Å². The number of likely N-dealkylation sites (tertiary alicyclic amines) is 1. The first kappa shape index (κ1) is 17.2. The molecule has 0 aliphatic carbocycles. The minimum absolute atomic E-state index is 0.197. The van der Waals surface area contributed by atoms with Gasteiger partial charge in [-0.1, -0.05) is 36.8 Å². The molecule has 2 aromatic carbocycles. The van der Waals surface area contributed by atoms with E-state index in [9.17, 15) is 0 Å². The van der Waals surface area contributed by atoms with Gasteiger partial charge >= 0.3 is 0 Å². The van der Waals surface area contributed by atoms with Crippen LogP contribution in [0.4, 0.5) is 0 Å². The molecule has 1 aliphatic rings. The number of hydrogen-bond acceptors (Lipinski definition) is 3. The maximum Gasteiger partial charge on any atom is 0.124 e. The number of ether oxygens (including phenoxy) is 1. The summed E-state index contributed by atoms with van der Waals surface area (Å²) >= 11 is 0. The van der Waals surface area contributed by atoms with Gasteiger partial charge in [-0.15, -0.1) is 0 Å². The van der Waals surface area contributed by atoms with Crippen LogP contribution in [0.1, 0.15) is 51.6 Å². The average Bonchev–Trinajstić information content (AvgIpc) is 2.59. The Morgan fingerprint density at radius 2 is 1.83 bits per heavy atom. The van der Waals surface area contributed by atoms with Gasteiger partial charge in [-0.3, -0.25) is 4.90 Å². The Balaban J connectivity index is 2.14. The fraction of sp³-hybridized carbons (Fsp3) is 0.524. The summed E-state index contributed by atoms with van der Waals surface area (Å²) in [5.41, 5.74) is 7.58. The van der Waals surface area contributed by atoms with E-state index in [0.29, 0.717) is 25.2 Å². The van der Waals surface area contributed by atoms with Gasteiger partial charge in [-0.2, -0.15) is 0 Å². The van der Waals surface area contributed by atoms with E-state index < -0.39 is 0 Å². The molecule has 3 heteroatoms. The van der Waals surface area contributed by atoms with E-state index in [4.69, 9.17) is 10.5 Å². The van der Waals surface area contributed by atoms with Crippen LogP contribution in [0.2, 0.25) is 0 Å². The molecular formula is C21H30N2O. The fourth-order valence-corrected chi connectivity index (χ4v) is 4.34. The van der Waals surface area contributed by atoms with E-state index in [2.05, 4.69) is 55.1 Å². The van der Waals surface area contributed by atoms with Crippen LogP contribution >= 0.6 is 0 Å². The molecule has 3 nitrogen and oxygen atoms in total. The van der Waals surface area contributed by atoms with Gasteiger partial charge in [-0.25, -0.2) is 0 Å². The van der Waals surface area contributed by atoms with Crippen molar-refractivity contribution in [2.75, 3.05) is 13.2 Å². The maximum absolute atomic E-state index is 6.32. The van der Waals surface area contributed by atoms with Gasteiger partial charge in [0.1, 0.15) is 5.75 Å². The molecule has 2 N–H and O–H groups in total. The van der Waals surface area contributed by atoms with Crippen molar-refractivity contribution in [3.63, 3.8) is 0 Å². The second-order valence-electron chi connectivity index (χ2n) is 6.96. The van der Waals surface area contributed by atoms with Gasteiger partial charge in [0.25, 0.3) is 0 Å².